The number of aliphatic carboxylic acids is 1. The van der Waals surface area contributed by atoms with E-state index in [-0.39, 0.29) is 11.9 Å². The number of benzene rings is 1. The van der Waals surface area contributed by atoms with Gasteiger partial charge in [0.25, 0.3) is 0 Å². The van der Waals surface area contributed by atoms with Gasteiger partial charge in [-0.15, -0.1) is 0 Å². The largest absolute Gasteiger partial charge is 0.481 e. The quantitative estimate of drug-likeness (QED) is 0.890. The standard InChI is InChI=1S/C19H26N2O3/c1-13-9-17(18(22)23)12-21(11-13)19(24)20-10-14-5-7-16(8-6-14)15-3-2-4-15/h5-8,13,15,17H,2-4,9-12H2,1H3,(H,20,24)(H,22,23). The molecule has 0 radical (unpaired) electrons. The fourth-order valence-corrected chi connectivity index (χ4v) is 3.64. The van der Waals surface area contributed by atoms with Crippen LogP contribution in [-0.4, -0.2) is 35.1 Å². The van der Waals surface area contributed by atoms with Gasteiger partial charge in [0.15, 0.2) is 0 Å². The smallest absolute Gasteiger partial charge is 0.317 e. The number of likely N-dealkylation sites (tertiary alicyclic amines) is 1. The minimum absolute atomic E-state index is 0.170. The lowest BCUT2D eigenvalue weighted by Gasteiger charge is -2.34. The van der Waals surface area contributed by atoms with Crippen molar-refractivity contribution in [3.05, 3.63) is 35.4 Å². The summed E-state index contributed by atoms with van der Waals surface area (Å²) in [5.41, 5.74) is 2.47. The van der Waals surface area contributed by atoms with Crippen LogP contribution in [-0.2, 0) is 11.3 Å². The molecule has 3 rings (SSSR count). The summed E-state index contributed by atoms with van der Waals surface area (Å²) in [5, 5.41) is 12.1. The first-order chi connectivity index (χ1) is 11.5. The molecule has 5 nitrogen and oxygen atoms in total. The number of nitrogens with one attached hydrogen (secondary N) is 1. The van der Waals surface area contributed by atoms with E-state index in [0.717, 1.165) is 11.5 Å². The topological polar surface area (TPSA) is 69.6 Å². The van der Waals surface area contributed by atoms with Crippen LogP contribution in [0.3, 0.4) is 0 Å². The second-order valence-electron chi connectivity index (χ2n) is 7.31. The Morgan fingerprint density at radius 3 is 2.50 bits per heavy atom. The van der Waals surface area contributed by atoms with Crippen LogP contribution in [0.15, 0.2) is 24.3 Å². The predicted molar refractivity (Wildman–Crippen MR) is 91.7 cm³/mol. The van der Waals surface area contributed by atoms with E-state index in [4.69, 9.17) is 0 Å². The van der Waals surface area contributed by atoms with Crippen molar-refractivity contribution in [2.75, 3.05) is 13.1 Å². The summed E-state index contributed by atoms with van der Waals surface area (Å²) in [5.74, 6) is -0.337. The van der Waals surface area contributed by atoms with Crippen molar-refractivity contribution in [3.63, 3.8) is 0 Å². The van der Waals surface area contributed by atoms with E-state index in [1.54, 1.807) is 4.90 Å². The molecule has 2 atom stereocenters. The Kier molecular flexibility index (Phi) is 5.07. The van der Waals surface area contributed by atoms with E-state index >= 15 is 0 Å². The number of carboxylic acid groups (broad SMARTS) is 1. The average Bonchev–Trinajstić information content (AvgIpc) is 2.51. The number of urea groups is 1. The summed E-state index contributed by atoms with van der Waals surface area (Å²) in [6.07, 6.45) is 4.54. The third-order valence-corrected chi connectivity index (χ3v) is 5.30. The number of carbonyl (C=O) groups is 2. The number of nitrogens with zero attached hydrogens (tertiary/aromatic N) is 1. The molecule has 130 valence electrons. The highest BCUT2D eigenvalue weighted by molar-refractivity contribution is 5.76. The number of carboxylic acids is 1. The monoisotopic (exact) mass is 330 g/mol. The Bertz CT molecular complexity index is 595. The van der Waals surface area contributed by atoms with Gasteiger partial charge < -0.3 is 15.3 Å². The van der Waals surface area contributed by atoms with Crippen LogP contribution in [0.25, 0.3) is 0 Å². The van der Waals surface area contributed by atoms with Crippen molar-refractivity contribution in [3.8, 4) is 0 Å². The molecule has 1 saturated heterocycles. The van der Waals surface area contributed by atoms with Gasteiger partial charge in [-0.3, -0.25) is 4.79 Å². The second-order valence-corrected chi connectivity index (χ2v) is 7.31. The zero-order valence-electron chi connectivity index (χ0n) is 14.2. The zero-order chi connectivity index (χ0) is 17.1. The van der Waals surface area contributed by atoms with Crippen molar-refractivity contribution >= 4 is 12.0 Å². The second kappa shape index (κ2) is 7.24. The van der Waals surface area contributed by atoms with Gasteiger partial charge in [0, 0.05) is 19.6 Å². The third kappa shape index (κ3) is 3.89. The van der Waals surface area contributed by atoms with Crippen molar-refractivity contribution in [1.29, 1.82) is 0 Å². The number of amides is 2. The van der Waals surface area contributed by atoms with Gasteiger partial charge in [-0.05, 0) is 42.2 Å². The molecule has 5 heteroatoms. The molecule has 1 aromatic rings. The molecule has 2 fully saturated rings. The van der Waals surface area contributed by atoms with Gasteiger partial charge in [-0.1, -0.05) is 37.6 Å². The van der Waals surface area contributed by atoms with Gasteiger partial charge in [-0.25, -0.2) is 4.79 Å². The van der Waals surface area contributed by atoms with E-state index in [0.29, 0.717) is 26.1 Å². The SMILES string of the molecule is CC1CC(C(=O)O)CN(C(=O)NCc2ccc(C3CCC3)cc2)C1. The van der Waals surface area contributed by atoms with Gasteiger partial charge in [0.05, 0.1) is 5.92 Å². The lowest BCUT2D eigenvalue weighted by molar-refractivity contribution is -0.143. The Morgan fingerprint density at radius 1 is 1.21 bits per heavy atom. The van der Waals surface area contributed by atoms with Crippen molar-refractivity contribution in [2.24, 2.45) is 11.8 Å². The summed E-state index contributed by atoms with van der Waals surface area (Å²) in [7, 11) is 0. The van der Waals surface area contributed by atoms with Gasteiger partial charge in [0.1, 0.15) is 0 Å². The van der Waals surface area contributed by atoms with Gasteiger partial charge in [0.2, 0.25) is 0 Å². The van der Waals surface area contributed by atoms with E-state index < -0.39 is 11.9 Å². The Balaban J connectivity index is 1.51. The van der Waals surface area contributed by atoms with Crippen LogP contribution in [0, 0.1) is 11.8 Å². The molecule has 24 heavy (non-hydrogen) atoms. The third-order valence-electron chi connectivity index (χ3n) is 5.30. The Labute approximate surface area is 143 Å². The fourth-order valence-electron chi connectivity index (χ4n) is 3.64. The lowest BCUT2D eigenvalue weighted by atomic mass is 9.80. The van der Waals surface area contributed by atoms with Crippen LogP contribution in [0.5, 0.6) is 0 Å². The molecule has 0 bridgehead atoms. The molecule has 2 N–H and O–H groups in total. The molecular weight excluding hydrogens is 304 g/mol. The van der Waals surface area contributed by atoms with Crippen LogP contribution >= 0.6 is 0 Å². The highest BCUT2D eigenvalue weighted by Gasteiger charge is 2.31. The highest BCUT2D eigenvalue weighted by Crippen LogP contribution is 2.36. The van der Waals surface area contributed by atoms with E-state index in [2.05, 4.69) is 29.6 Å². The van der Waals surface area contributed by atoms with Crippen LogP contribution < -0.4 is 5.32 Å². The van der Waals surface area contributed by atoms with Crippen LogP contribution in [0.2, 0.25) is 0 Å². The van der Waals surface area contributed by atoms with Gasteiger partial charge >= 0.3 is 12.0 Å². The average molecular weight is 330 g/mol. The normalized spacial score (nSPS) is 24.3. The minimum Gasteiger partial charge on any atom is -0.481 e. The summed E-state index contributed by atoms with van der Waals surface area (Å²) >= 11 is 0. The predicted octanol–water partition coefficient (Wildman–Crippen LogP) is 3.21. The molecular formula is C19H26N2O3. The lowest BCUT2D eigenvalue weighted by Crippen LogP contribution is -2.49. The molecule has 0 aromatic heterocycles. The minimum atomic E-state index is -0.814. The highest BCUT2D eigenvalue weighted by atomic mass is 16.4. The Hall–Kier alpha value is -2.04. The maximum absolute atomic E-state index is 12.3. The van der Waals surface area contributed by atoms with Crippen molar-refractivity contribution < 1.29 is 14.7 Å². The fraction of sp³-hybridized carbons (Fsp3) is 0.579. The molecule has 1 aliphatic heterocycles. The van der Waals surface area contributed by atoms with Gasteiger partial charge in [-0.2, -0.15) is 0 Å². The summed E-state index contributed by atoms with van der Waals surface area (Å²) < 4.78 is 0. The molecule has 0 spiro atoms. The maximum atomic E-state index is 12.3. The Morgan fingerprint density at radius 2 is 1.92 bits per heavy atom. The molecule has 2 amide bonds. The zero-order valence-corrected chi connectivity index (χ0v) is 14.2. The number of carbonyl (C=O) groups excluding carboxylic acids is 1. The van der Waals surface area contributed by atoms with Crippen LogP contribution in [0.4, 0.5) is 4.79 Å². The van der Waals surface area contributed by atoms with Crippen molar-refractivity contribution in [1.82, 2.24) is 10.2 Å². The molecule has 2 unspecified atom stereocenters. The van der Waals surface area contributed by atoms with E-state index in [1.807, 2.05) is 6.92 Å². The summed E-state index contributed by atoms with van der Waals surface area (Å²) in [4.78, 5) is 25.2. The summed E-state index contributed by atoms with van der Waals surface area (Å²) in [6.45, 7) is 3.39. The first-order valence-corrected chi connectivity index (χ1v) is 8.87. The van der Waals surface area contributed by atoms with Crippen molar-refractivity contribution in [2.45, 2.75) is 45.1 Å². The number of hydrogen-bond acceptors (Lipinski definition) is 2. The van der Waals surface area contributed by atoms with E-state index in [9.17, 15) is 14.7 Å². The molecule has 1 aromatic carbocycles. The first kappa shape index (κ1) is 16.8. The number of rotatable bonds is 4. The summed E-state index contributed by atoms with van der Waals surface area (Å²) in [6, 6.07) is 8.30. The first-order valence-electron chi connectivity index (χ1n) is 8.87. The number of piperidine rings is 1. The molecule has 1 saturated carbocycles. The number of hydrogen-bond donors (Lipinski definition) is 2. The molecule has 2 aliphatic rings. The van der Waals surface area contributed by atoms with Crippen LogP contribution in [0.1, 0.15) is 49.7 Å². The van der Waals surface area contributed by atoms with E-state index in [1.165, 1.54) is 24.8 Å². The molecule has 1 aliphatic carbocycles. The maximum Gasteiger partial charge on any atom is 0.317 e. The molecule has 1 heterocycles.